The Bertz CT molecular complexity index is 1570. The van der Waals surface area contributed by atoms with Crippen LogP contribution in [0.25, 0.3) is 22.5 Å². The third kappa shape index (κ3) is 4.47. The largest absolute Gasteiger partial charge is 0.746 e. The molecule has 0 saturated heterocycles. The predicted molar refractivity (Wildman–Crippen MR) is 144 cm³/mol. The number of benzene rings is 2. The number of aromatic nitrogens is 2. The van der Waals surface area contributed by atoms with Crippen LogP contribution in [0.2, 0.25) is 0 Å². The molecule has 0 spiro atoms. The average molecular weight is 515 g/mol. The van der Waals surface area contributed by atoms with E-state index < -0.39 is 15.5 Å². The zero-order chi connectivity index (χ0) is 26.2. The van der Waals surface area contributed by atoms with E-state index in [0.717, 1.165) is 46.5 Å². The highest BCUT2D eigenvalue weighted by Gasteiger charge is 2.35. The fourth-order valence-electron chi connectivity index (χ4n) is 4.97. The van der Waals surface area contributed by atoms with Gasteiger partial charge in [-0.3, -0.25) is 9.97 Å². The van der Waals surface area contributed by atoms with Gasteiger partial charge in [-0.2, -0.15) is 0 Å². The molecule has 1 unspecified atom stereocenters. The zero-order valence-corrected chi connectivity index (χ0v) is 21.8. The first-order valence-electron chi connectivity index (χ1n) is 12.4. The van der Waals surface area contributed by atoms with E-state index in [4.69, 9.17) is 9.72 Å². The molecule has 7 nitrogen and oxygen atoms in total. The molecule has 2 aromatic carbocycles. The predicted octanol–water partition coefficient (Wildman–Crippen LogP) is 6.46. The normalized spacial score (nSPS) is 13.5. The van der Waals surface area contributed by atoms with Crippen LogP contribution in [0.4, 0.5) is 11.4 Å². The summed E-state index contributed by atoms with van der Waals surface area (Å²) in [5.41, 5.74) is 6.15. The van der Waals surface area contributed by atoms with E-state index in [-0.39, 0.29) is 6.42 Å². The Hall–Kier alpha value is -3.75. The first-order valence-corrected chi connectivity index (χ1v) is 13.9. The van der Waals surface area contributed by atoms with Crippen molar-refractivity contribution in [3.63, 3.8) is 0 Å². The maximum Gasteiger partial charge on any atom is 0.160 e. The van der Waals surface area contributed by atoms with Gasteiger partial charge in [0.05, 0.1) is 22.8 Å². The van der Waals surface area contributed by atoms with Gasteiger partial charge in [-0.05, 0) is 66.8 Å². The van der Waals surface area contributed by atoms with Gasteiger partial charge in [0.15, 0.2) is 11.5 Å². The second-order valence-electron chi connectivity index (χ2n) is 8.90. The van der Waals surface area contributed by atoms with Gasteiger partial charge in [0.25, 0.3) is 0 Å². The Balaban J connectivity index is 1.88. The van der Waals surface area contributed by atoms with Gasteiger partial charge in [0.1, 0.15) is 15.5 Å². The van der Waals surface area contributed by atoms with E-state index in [9.17, 15) is 13.0 Å². The van der Waals surface area contributed by atoms with Crippen molar-refractivity contribution in [2.24, 2.45) is 0 Å². The maximum absolute atomic E-state index is 12.5. The second kappa shape index (κ2) is 9.95. The van der Waals surface area contributed by atoms with Crippen molar-refractivity contribution < 1.29 is 17.7 Å². The minimum Gasteiger partial charge on any atom is -0.746 e. The summed E-state index contributed by atoms with van der Waals surface area (Å²) < 4.78 is 44.0. The van der Waals surface area contributed by atoms with Gasteiger partial charge in [0, 0.05) is 23.5 Å². The summed E-state index contributed by atoms with van der Waals surface area (Å²) in [6, 6.07) is 18.9. The Morgan fingerprint density at radius 3 is 2.16 bits per heavy atom. The molecule has 0 aliphatic carbocycles. The first kappa shape index (κ1) is 24.9. The third-order valence-corrected chi connectivity index (χ3v) is 7.92. The maximum atomic E-state index is 12.5. The Morgan fingerprint density at radius 2 is 1.51 bits per heavy atom. The minimum atomic E-state index is -4.69. The lowest BCUT2D eigenvalue weighted by Gasteiger charge is -2.40. The molecule has 0 amide bonds. The van der Waals surface area contributed by atoms with Gasteiger partial charge < -0.3 is 14.2 Å². The van der Waals surface area contributed by atoms with Crippen LogP contribution < -0.4 is 9.64 Å². The number of pyridine rings is 2. The molecule has 1 atom stereocenters. The molecule has 190 valence electrons. The van der Waals surface area contributed by atoms with Gasteiger partial charge in [-0.15, -0.1) is 0 Å². The quantitative estimate of drug-likeness (QED) is 0.261. The van der Waals surface area contributed by atoms with E-state index in [1.54, 1.807) is 42.4 Å². The highest BCUT2D eigenvalue weighted by molar-refractivity contribution is 7.86. The molecule has 37 heavy (non-hydrogen) atoms. The fraction of sp³-hybridized carbons (Fsp3) is 0.241. The first-order chi connectivity index (χ1) is 17.9. The monoisotopic (exact) mass is 514 g/mol. The molecule has 4 aromatic rings. The van der Waals surface area contributed by atoms with Gasteiger partial charge >= 0.3 is 0 Å². The van der Waals surface area contributed by atoms with Crippen LogP contribution in [0.3, 0.4) is 0 Å². The van der Waals surface area contributed by atoms with Crippen molar-refractivity contribution in [2.75, 3.05) is 4.90 Å². The molecule has 0 N–H and O–H groups in total. The minimum absolute atomic E-state index is 0.104. The standard InChI is InChI=1S/C29H29N3O4S/c1-4-19-11-9-15-30-27(19)21-17-22(28-20(5-2)12-10-16-31-28)29-24(18-21)32(26(6-3)37(33,34)35)23-13-7-8-14-25(23)36-29/h7-18,26H,4-6H2,1-3H3,(H,33,34,35)/p-1. The van der Waals surface area contributed by atoms with Crippen molar-refractivity contribution in [1.82, 2.24) is 9.97 Å². The van der Waals surface area contributed by atoms with E-state index in [1.165, 1.54) is 0 Å². The summed E-state index contributed by atoms with van der Waals surface area (Å²) in [7, 11) is -4.69. The number of fused-ring (bicyclic) bond motifs is 2. The smallest absolute Gasteiger partial charge is 0.160 e. The molecule has 0 bridgehead atoms. The number of rotatable bonds is 7. The number of para-hydroxylation sites is 2. The molecule has 2 aromatic heterocycles. The van der Waals surface area contributed by atoms with Crippen LogP contribution >= 0.6 is 0 Å². The highest BCUT2D eigenvalue weighted by atomic mass is 32.2. The van der Waals surface area contributed by atoms with Crippen molar-refractivity contribution >= 4 is 21.5 Å². The molecule has 5 rings (SSSR count). The number of hydrogen-bond acceptors (Lipinski definition) is 7. The van der Waals surface area contributed by atoms with Crippen LogP contribution in [0.1, 0.15) is 38.3 Å². The van der Waals surface area contributed by atoms with E-state index in [0.29, 0.717) is 22.9 Å². The van der Waals surface area contributed by atoms with Crippen LogP contribution in [0.5, 0.6) is 11.5 Å². The molecular formula is C29H28N3O4S-. The van der Waals surface area contributed by atoms with Gasteiger partial charge in [-0.1, -0.05) is 45.0 Å². The Labute approximate surface area is 217 Å². The lowest BCUT2D eigenvalue weighted by Crippen LogP contribution is -2.39. The second-order valence-corrected chi connectivity index (χ2v) is 10.4. The zero-order valence-electron chi connectivity index (χ0n) is 21.0. The van der Waals surface area contributed by atoms with Crippen molar-refractivity contribution in [1.29, 1.82) is 0 Å². The summed E-state index contributed by atoms with van der Waals surface area (Å²) in [4.78, 5) is 11.0. The number of aryl methyl sites for hydroxylation is 2. The lowest BCUT2D eigenvalue weighted by atomic mass is 9.95. The van der Waals surface area contributed by atoms with Crippen molar-refractivity contribution in [2.45, 2.75) is 45.4 Å². The molecule has 3 heterocycles. The molecular weight excluding hydrogens is 486 g/mol. The van der Waals surface area contributed by atoms with E-state index >= 15 is 0 Å². The number of hydrogen-bond donors (Lipinski definition) is 0. The van der Waals surface area contributed by atoms with Crippen molar-refractivity contribution in [3.8, 4) is 34.0 Å². The molecule has 8 heteroatoms. The summed E-state index contributed by atoms with van der Waals surface area (Å²) in [6.45, 7) is 5.82. The summed E-state index contributed by atoms with van der Waals surface area (Å²) in [5.74, 6) is 0.944. The number of ether oxygens (including phenoxy) is 1. The lowest BCUT2D eigenvalue weighted by molar-refractivity contribution is 0.439. The van der Waals surface area contributed by atoms with E-state index in [1.807, 2.05) is 42.5 Å². The number of anilines is 2. The van der Waals surface area contributed by atoms with Gasteiger partial charge in [0.2, 0.25) is 0 Å². The Kier molecular flexibility index (Phi) is 6.70. The summed E-state index contributed by atoms with van der Waals surface area (Å²) in [5, 5.41) is -1.32. The molecule has 1 aliphatic rings. The van der Waals surface area contributed by atoms with Crippen LogP contribution in [0.15, 0.2) is 73.1 Å². The van der Waals surface area contributed by atoms with Gasteiger partial charge in [-0.25, -0.2) is 8.42 Å². The summed E-state index contributed by atoms with van der Waals surface area (Å²) in [6.07, 6.45) is 5.10. The van der Waals surface area contributed by atoms with E-state index in [2.05, 4.69) is 18.8 Å². The highest BCUT2D eigenvalue weighted by Crippen LogP contribution is 2.53. The molecule has 0 radical (unpaired) electrons. The molecule has 0 fully saturated rings. The fourth-order valence-corrected chi connectivity index (χ4v) is 5.86. The number of nitrogens with zero attached hydrogens (tertiary/aromatic N) is 3. The van der Waals surface area contributed by atoms with Crippen LogP contribution in [0, 0.1) is 0 Å². The molecule has 1 aliphatic heterocycles. The summed E-state index contributed by atoms with van der Waals surface area (Å²) >= 11 is 0. The average Bonchev–Trinajstić information content (AvgIpc) is 2.91. The Morgan fingerprint density at radius 1 is 0.865 bits per heavy atom. The van der Waals surface area contributed by atoms with Crippen LogP contribution in [-0.4, -0.2) is 28.3 Å². The van der Waals surface area contributed by atoms with Crippen LogP contribution in [-0.2, 0) is 23.0 Å². The topological polar surface area (TPSA) is 95.5 Å². The molecule has 0 saturated carbocycles. The SMILES string of the molecule is CCc1cccnc1-c1cc(-c2ncccc2CC)c2c(c1)N(C(CC)S(=O)(=O)[O-])c1ccccc1O2. The van der Waals surface area contributed by atoms with Crippen molar-refractivity contribution in [3.05, 3.63) is 84.2 Å². The third-order valence-electron chi connectivity index (χ3n) is 6.71.